The number of carbonyl (C=O) groups is 1. The first kappa shape index (κ1) is 16.4. The van der Waals surface area contributed by atoms with Crippen LogP contribution in [0.25, 0.3) is 4.96 Å². The zero-order valence-corrected chi connectivity index (χ0v) is 13.3. The van der Waals surface area contributed by atoms with Crippen molar-refractivity contribution in [3.05, 3.63) is 40.7 Å². The van der Waals surface area contributed by atoms with Crippen LogP contribution in [-0.2, 0) is 17.4 Å². The number of carbonyl (C=O) groups excluding carboxylic acids is 1. The van der Waals surface area contributed by atoms with E-state index in [0.717, 1.165) is 6.07 Å². The Labute approximate surface area is 138 Å². The van der Waals surface area contributed by atoms with E-state index in [2.05, 4.69) is 20.6 Å². The Hall–Kier alpha value is -2.49. The highest BCUT2D eigenvalue weighted by molar-refractivity contribution is 7.16. The maximum Gasteiger partial charge on any atom is 0.418 e. The molecule has 0 spiro atoms. The smallest absolute Gasteiger partial charge is 0.325 e. The number of aromatic nitrogens is 4. The quantitative estimate of drug-likeness (QED) is 0.781. The van der Waals surface area contributed by atoms with E-state index < -0.39 is 17.6 Å². The van der Waals surface area contributed by atoms with Crippen LogP contribution in [0.5, 0.6) is 0 Å². The van der Waals surface area contributed by atoms with Crippen LogP contribution in [0.1, 0.15) is 22.8 Å². The summed E-state index contributed by atoms with van der Waals surface area (Å²) < 4.78 is 40.3. The summed E-state index contributed by atoms with van der Waals surface area (Å²) in [5.41, 5.74) is -1.11. The lowest BCUT2D eigenvalue weighted by Crippen LogP contribution is -2.16. The molecule has 126 valence electrons. The van der Waals surface area contributed by atoms with Crippen LogP contribution in [-0.4, -0.2) is 25.7 Å². The van der Waals surface area contributed by atoms with Crippen LogP contribution in [0.15, 0.2) is 24.3 Å². The zero-order valence-electron chi connectivity index (χ0n) is 12.5. The first-order valence-electron chi connectivity index (χ1n) is 6.98. The fraction of sp³-hybridized carbons (Fsp3) is 0.286. The fourth-order valence-corrected chi connectivity index (χ4v) is 3.01. The molecule has 0 aliphatic carbocycles. The molecule has 0 fully saturated rings. The highest BCUT2D eigenvalue weighted by Gasteiger charge is 2.33. The van der Waals surface area contributed by atoms with E-state index >= 15 is 0 Å². The fourth-order valence-electron chi connectivity index (χ4n) is 2.13. The molecule has 24 heavy (non-hydrogen) atoms. The van der Waals surface area contributed by atoms with E-state index in [-0.39, 0.29) is 12.1 Å². The van der Waals surface area contributed by atoms with E-state index in [1.807, 2.05) is 0 Å². The van der Waals surface area contributed by atoms with Gasteiger partial charge in [0.2, 0.25) is 10.9 Å². The Morgan fingerprint density at radius 1 is 1.29 bits per heavy atom. The summed E-state index contributed by atoms with van der Waals surface area (Å²) in [6, 6.07) is 4.88. The van der Waals surface area contributed by atoms with Crippen molar-refractivity contribution < 1.29 is 18.0 Å². The Bertz CT molecular complexity index is 886. The van der Waals surface area contributed by atoms with Crippen LogP contribution in [0.3, 0.4) is 0 Å². The topological polar surface area (TPSA) is 72.2 Å². The molecule has 3 aromatic rings. The molecular formula is C14H12F3N5OS. The van der Waals surface area contributed by atoms with Gasteiger partial charge in [-0.15, -0.1) is 10.2 Å². The molecule has 0 aliphatic heterocycles. The number of benzene rings is 1. The van der Waals surface area contributed by atoms with Crippen molar-refractivity contribution in [2.24, 2.45) is 0 Å². The highest BCUT2D eigenvalue weighted by Crippen LogP contribution is 2.34. The molecule has 0 unspecified atom stereocenters. The van der Waals surface area contributed by atoms with E-state index in [0.29, 0.717) is 22.2 Å². The molecule has 1 N–H and O–H groups in total. The zero-order chi connectivity index (χ0) is 17.3. The molecule has 3 rings (SSSR count). The lowest BCUT2D eigenvalue weighted by atomic mass is 10.1. The lowest BCUT2D eigenvalue weighted by molar-refractivity contribution is -0.137. The average molecular weight is 355 g/mol. The normalized spacial score (nSPS) is 11.8. The number of nitrogens with one attached hydrogen (secondary N) is 1. The summed E-state index contributed by atoms with van der Waals surface area (Å²) in [6.45, 7) is 1.75. The molecule has 0 radical (unpaired) electrons. The molecular weight excluding hydrogens is 343 g/mol. The van der Waals surface area contributed by atoms with Gasteiger partial charge in [-0.2, -0.15) is 22.8 Å². The third-order valence-electron chi connectivity index (χ3n) is 3.26. The summed E-state index contributed by atoms with van der Waals surface area (Å²) in [6.07, 6.45) is -4.18. The van der Waals surface area contributed by atoms with Gasteiger partial charge in [-0.1, -0.05) is 23.5 Å². The average Bonchev–Trinajstić information content (AvgIpc) is 3.07. The number of anilines is 1. The van der Waals surface area contributed by atoms with Gasteiger partial charge >= 0.3 is 6.18 Å². The molecule has 0 atom stereocenters. The number of halogens is 3. The van der Waals surface area contributed by atoms with Crippen LogP contribution in [0, 0.1) is 6.92 Å². The van der Waals surface area contributed by atoms with Crippen LogP contribution in [0.2, 0.25) is 0 Å². The van der Waals surface area contributed by atoms with Crippen molar-refractivity contribution in [1.29, 1.82) is 0 Å². The van der Waals surface area contributed by atoms with Gasteiger partial charge in [0.25, 0.3) is 0 Å². The van der Waals surface area contributed by atoms with Gasteiger partial charge in [0, 0.05) is 12.8 Å². The summed E-state index contributed by atoms with van der Waals surface area (Å²) >= 11 is 1.29. The first-order chi connectivity index (χ1) is 11.3. The Morgan fingerprint density at radius 2 is 2.04 bits per heavy atom. The second kappa shape index (κ2) is 6.19. The highest BCUT2D eigenvalue weighted by atomic mass is 32.1. The molecule has 0 aliphatic rings. The summed E-state index contributed by atoms with van der Waals surface area (Å²) in [4.78, 5) is 12.6. The summed E-state index contributed by atoms with van der Waals surface area (Å²) in [7, 11) is 0. The molecule has 6 nitrogen and oxygen atoms in total. The van der Waals surface area contributed by atoms with E-state index in [4.69, 9.17) is 0 Å². The van der Waals surface area contributed by atoms with Crippen molar-refractivity contribution in [3.63, 3.8) is 0 Å². The Balaban J connectivity index is 1.66. The number of fused-ring (bicyclic) bond motifs is 1. The van der Waals surface area contributed by atoms with Gasteiger partial charge in [-0.3, -0.25) is 4.79 Å². The molecule has 2 aromatic heterocycles. The number of rotatable bonds is 4. The van der Waals surface area contributed by atoms with Gasteiger partial charge in [-0.25, -0.2) is 0 Å². The number of hydrogen-bond donors (Lipinski definition) is 1. The van der Waals surface area contributed by atoms with Gasteiger partial charge in [0.15, 0.2) is 5.82 Å². The Kier molecular flexibility index (Phi) is 4.22. The van der Waals surface area contributed by atoms with Gasteiger partial charge in [0.1, 0.15) is 5.01 Å². The lowest BCUT2D eigenvalue weighted by Gasteiger charge is -2.13. The molecule has 2 heterocycles. The number of nitrogens with zero attached hydrogens (tertiary/aromatic N) is 4. The third kappa shape index (κ3) is 3.37. The number of alkyl halides is 3. The Morgan fingerprint density at radius 3 is 2.75 bits per heavy atom. The van der Waals surface area contributed by atoms with Crippen molar-refractivity contribution in [1.82, 2.24) is 19.8 Å². The second-order valence-electron chi connectivity index (χ2n) is 5.03. The van der Waals surface area contributed by atoms with Crippen molar-refractivity contribution in [2.45, 2.75) is 25.9 Å². The largest absolute Gasteiger partial charge is 0.418 e. The first-order valence-corrected chi connectivity index (χ1v) is 7.80. The molecule has 1 amide bonds. The molecule has 0 saturated carbocycles. The number of hydrogen-bond acceptors (Lipinski definition) is 5. The van der Waals surface area contributed by atoms with E-state index in [9.17, 15) is 18.0 Å². The third-order valence-corrected chi connectivity index (χ3v) is 4.22. The predicted octanol–water partition coefficient (Wildman–Crippen LogP) is 3.08. The second-order valence-corrected chi connectivity index (χ2v) is 6.07. The molecule has 0 saturated heterocycles. The number of amides is 1. The van der Waals surface area contributed by atoms with Crippen molar-refractivity contribution >= 4 is 27.9 Å². The maximum atomic E-state index is 12.9. The minimum atomic E-state index is -4.52. The minimum Gasteiger partial charge on any atom is -0.325 e. The monoisotopic (exact) mass is 355 g/mol. The molecule has 0 bridgehead atoms. The maximum absolute atomic E-state index is 12.9. The number of aryl methyl sites for hydroxylation is 2. The van der Waals surface area contributed by atoms with Crippen LogP contribution >= 0.6 is 11.3 Å². The van der Waals surface area contributed by atoms with Crippen LogP contribution in [0.4, 0.5) is 18.9 Å². The van der Waals surface area contributed by atoms with Gasteiger partial charge in [0.05, 0.1) is 11.3 Å². The standard InChI is InChI=1S/C14H12F3N5OS/c1-8-19-20-13-22(8)21-12(24-13)7-6-11(23)18-10-5-3-2-4-9(10)14(15,16)17/h2-5H,6-7H2,1H3,(H,18,23). The van der Waals surface area contributed by atoms with E-state index in [1.165, 1.54) is 29.5 Å². The predicted molar refractivity (Wildman–Crippen MR) is 81.8 cm³/mol. The number of para-hydroxylation sites is 1. The van der Waals surface area contributed by atoms with Gasteiger partial charge < -0.3 is 5.32 Å². The van der Waals surface area contributed by atoms with Gasteiger partial charge in [-0.05, 0) is 19.1 Å². The van der Waals surface area contributed by atoms with E-state index in [1.54, 1.807) is 11.4 Å². The van der Waals surface area contributed by atoms with Crippen LogP contribution < -0.4 is 5.32 Å². The molecule has 10 heteroatoms. The summed E-state index contributed by atoms with van der Waals surface area (Å²) in [5, 5.41) is 15.0. The molecule has 1 aromatic carbocycles. The minimum absolute atomic E-state index is 0.0232. The summed E-state index contributed by atoms with van der Waals surface area (Å²) in [5.74, 6) is 0.130. The van der Waals surface area contributed by atoms with Crippen molar-refractivity contribution in [3.8, 4) is 0 Å². The SMILES string of the molecule is Cc1nnc2sc(CCC(=O)Nc3ccccc3C(F)(F)F)nn12. The van der Waals surface area contributed by atoms with Crippen molar-refractivity contribution in [2.75, 3.05) is 5.32 Å².